The minimum Gasteiger partial charge on any atom is -0.371 e. The van der Waals surface area contributed by atoms with E-state index in [0.29, 0.717) is 0 Å². The highest BCUT2D eigenvalue weighted by Crippen LogP contribution is 2.28. The number of nitrogens with zero attached hydrogens (tertiary/aromatic N) is 5. The number of nitriles is 1. The lowest BCUT2D eigenvalue weighted by Crippen LogP contribution is -2.49. The van der Waals surface area contributed by atoms with Gasteiger partial charge >= 0.3 is 0 Å². The first-order valence-corrected chi connectivity index (χ1v) is 16.1. The van der Waals surface area contributed by atoms with Crippen LogP contribution in [-0.2, 0) is 4.79 Å². The number of carbonyl (C=O) groups excluding carboxylic acids is 1. The Morgan fingerprint density at radius 1 is 1.05 bits per heavy atom. The molecule has 2 heterocycles. The van der Waals surface area contributed by atoms with E-state index in [1.165, 1.54) is 11.3 Å². The fraction of sp³-hybridized carbons (Fsp3) is 0.474. The second kappa shape index (κ2) is 21.7. The van der Waals surface area contributed by atoms with Crippen LogP contribution in [0.5, 0.6) is 0 Å². The molecule has 6 heteroatoms. The number of amides is 1. The molecular weight excluding hydrogens is 542 g/mol. The molecule has 0 aromatic carbocycles. The smallest absolute Gasteiger partial charge is 0.225 e. The first kappa shape index (κ1) is 38.0. The average molecular weight is 598 g/mol. The van der Waals surface area contributed by atoms with E-state index >= 15 is 0 Å². The third-order valence-electron chi connectivity index (χ3n) is 7.21. The van der Waals surface area contributed by atoms with E-state index in [2.05, 4.69) is 69.6 Å². The second-order valence-electron chi connectivity index (χ2n) is 11.2. The summed E-state index contributed by atoms with van der Waals surface area (Å²) in [5.74, 6) is 0.281. The van der Waals surface area contributed by atoms with Gasteiger partial charge in [0.25, 0.3) is 0 Å². The molecule has 44 heavy (non-hydrogen) atoms. The summed E-state index contributed by atoms with van der Waals surface area (Å²) in [6.07, 6.45) is 19.8. The normalized spacial score (nSPS) is 15.8. The highest BCUT2D eigenvalue weighted by molar-refractivity contribution is 6.12. The highest BCUT2D eigenvalue weighted by atomic mass is 16.2. The van der Waals surface area contributed by atoms with Gasteiger partial charge in [-0.25, -0.2) is 0 Å². The Morgan fingerprint density at radius 3 is 2.23 bits per heavy atom. The number of rotatable bonds is 12. The zero-order chi connectivity index (χ0) is 32.9. The maximum Gasteiger partial charge on any atom is 0.225 e. The lowest BCUT2D eigenvalue weighted by molar-refractivity contribution is -0.135. The number of aromatic nitrogens is 1. The summed E-state index contributed by atoms with van der Waals surface area (Å²) in [7, 11) is 0. The Balaban J connectivity index is 0.000000582. The van der Waals surface area contributed by atoms with Gasteiger partial charge in [-0.3, -0.25) is 14.8 Å². The van der Waals surface area contributed by atoms with Gasteiger partial charge in [-0.2, -0.15) is 5.26 Å². The van der Waals surface area contributed by atoms with Gasteiger partial charge in [-0.1, -0.05) is 77.0 Å². The fourth-order valence-electron chi connectivity index (χ4n) is 4.87. The Labute approximate surface area is 268 Å². The van der Waals surface area contributed by atoms with Gasteiger partial charge < -0.3 is 9.80 Å². The van der Waals surface area contributed by atoms with E-state index in [4.69, 9.17) is 10.3 Å². The highest BCUT2D eigenvalue weighted by Gasteiger charge is 2.25. The molecule has 6 nitrogen and oxygen atoms in total. The van der Waals surface area contributed by atoms with E-state index < -0.39 is 0 Å². The van der Waals surface area contributed by atoms with Gasteiger partial charge in [-0.05, 0) is 71.2 Å². The standard InChI is InChI=1S/C25H36N4O.C13H19N/c1-7-9-13-26-20(5)24(22(8-2)23-12-10-11-14-27-23)21(6)28-15-17-29(18-16-28)25(30)19(3)4;1-4-6-7-9-13(11-14)10-12(3)8-5-2/h8-14,19H,7,15-18H2,1-6H3;6-7,9-10H,4-5,8H2,1-3H3/b13-9+,22-8-,24-21-,26-20+;7-6+,12-10+,13-9+. The lowest BCUT2D eigenvalue weighted by atomic mass is 9.95. The van der Waals surface area contributed by atoms with Crippen molar-refractivity contribution >= 4 is 17.2 Å². The summed E-state index contributed by atoms with van der Waals surface area (Å²) in [5.41, 5.74) is 7.29. The quantitative estimate of drug-likeness (QED) is 0.137. The molecule has 1 fully saturated rings. The number of pyridine rings is 1. The van der Waals surface area contributed by atoms with Crippen molar-refractivity contribution in [2.45, 2.75) is 88.0 Å². The molecule has 0 saturated carbocycles. The van der Waals surface area contributed by atoms with Gasteiger partial charge in [-0.15, -0.1) is 0 Å². The van der Waals surface area contributed by atoms with Crippen LogP contribution in [0, 0.1) is 17.2 Å². The Morgan fingerprint density at radius 2 is 1.70 bits per heavy atom. The molecule has 2 rings (SSSR count). The van der Waals surface area contributed by atoms with Crippen LogP contribution in [0.25, 0.3) is 5.57 Å². The van der Waals surface area contributed by atoms with Gasteiger partial charge in [0.05, 0.1) is 17.3 Å². The predicted molar refractivity (Wildman–Crippen MR) is 188 cm³/mol. The van der Waals surface area contributed by atoms with E-state index in [1.807, 2.05) is 80.6 Å². The van der Waals surface area contributed by atoms with E-state index in [0.717, 1.165) is 80.0 Å². The van der Waals surface area contributed by atoms with Gasteiger partial charge in [0.15, 0.2) is 0 Å². The molecule has 0 N–H and O–H groups in total. The SMILES string of the molecule is CC/C=C/C=C(C#N)\C=C(/C)CCC.C\C=C(C(/C(C)=N/C=C/CC)=C(/C)N1CCN(C(=O)C(C)C)CC1)\c1ccccn1. The Bertz CT molecular complexity index is 1280. The first-order valence-electron chi connectivity index (χ1n) is 16.1. The molecule has 0 unspecified atom stereocenters. The van der Waals surface area contributed by atoms with Crippen LogP contribution >= 0.6 is 0 Å². The van der Waals surface area contributed by atoms with Crippen molar-refractivity contribution in [1.82, 2.24) is 14.8 Å². The third-order valence-corrected chi connectivity index (χ3v) is 7.21. The molecule has 1 amide bonds. The lowest BCUT2D eigenvalue weighted by Gasteiger charge is -2.38. The van der Waals surface area contributed by atoms with Crippen LogP contribution in [0.15, 0.2) is 94.5 Å². The molecule has 1 aromatic rings. The molecule has 0 aliphatic carbocycles. The fourth-order valence-corrected chi connectivity index (χ4v) is 4.87. The van der Waals surface area contributed by atoms with Crippen LogP contribution in [0.1, 0.15) is 93.7 Å². The number of piperazine rings is 1. The van der Waals surface area contributed by atoms with Crippen LogP contribution < -0.4 is 0 Å². The van der Waals surface area contributed by atoms with Crippen molar-refractivity contribution in [2.75, 3.05) is 26.2 Å². The molecule has 1 aromatic heterocycles. The molecular formula is C38H55N5O. The largest absolute Gasteiger partial charge is 0.371 e. The summed E-state index contributed by atoms with van der Waals surface area (Å²) < 4.78 is 0. The van der Waals surface area contributed by atoms with Crippen molar-refractivity contribution in [2.24, 2.45) is 10.9 Å². The Hall–Kier alpha value is -3.98. The zero-order valence-electron chi connectivity index (χ0n) is 28.7. The summed E-state index contributed by atoms with van der Waals surface area (Å²) in [5, 5.41) is 8.85. The molecule has 238 valence electrons. The van der Waals surface area contributed by atoms with Crippen molar-refractivity contribution in [1.29, 1.82) is 5.26 Å². The molecule has 0 spiro atoms. The van der Waals surface area contributed by atoms with Crippen LogP contribution in [0.4, 0.5) is 0 Å². The molecule has 0 atom stereocenters. The summed E-state index contributed by atoms with van der Waals surface area (Å²) in [4.78, 5) is 26.0. The molecule has 1 aliphatic heterocycles. The van der Waals surface area contributed by atoms with Gasteiger partial charge in [0.1, 0.15) is 0 Å². The predicted octanol–water partition coefficient (Wildman–Crippen LogP) is 9.09. The van der Waals surface area contributed by atoms with Crippen LogP contribution in [0.2, 0.25) is 0 Å². The molecule has 0 bridgehead atoms. The molecule has 1 aliphatic rings. The van der Waals surface area contributed by atoms with E-state index in [1.54, 1.807) is 0 Å². The minimum absolute atomic E-state index is 0.0438. The minimum atomic E-state index is 0.0438. The van der Waals surface area contributed by atoms with Crippen molar-refractivity contribution in [3.8, 4) is 6.07 Å². The topological polar surface area (TPSA) is 72.6 Å². The van der Waals surface area contributed by atoms with Gasteiger partial charge in [0, 0.05) is 67.0 Å². The number of hydrogen-bond acceptors (Lipinski definition) is 5. The van der Waals surface area contributed by atoms with E-state index in [-0.39, 0.29) is 11.8 Å². The van der Waals surface area contributed by atoms with Crippen molar-refractivity contribution in [3.63, 3.8) is 0 Å². The third kappa shape index (κ3) is 13.1. The van der Waals surface area contributed by atoms with Crippen molar-refractivity contribution in [3.05, 3.63) is 95.2 Å². The first-order chi connectivity index (χ1) is 21.1. The number of hydrogen-bond donors (Lipinski definition) is 0. The zero-order valence-corrected chi connectivity index (χ0v) is 28.7. The van der Waals surface area contributed by atoms with Crippen LogP contribution in [-0.4, -0.2) is 52.6 Å². The average Bonchev–Trinajstić information content (AvgIpc) is 3.03. The summed E-state index contributed by atoms with van der Waals surface area (Å²) in [6.45, 7) is 21.7. The van der Waals surface area contributed by atoms with Gasteiger partial charge in [0.2, 0.25) is 5.91 Å². The molecule has 1 saturated heterocycles. The summed E-state index contributed by atoms with van der Waals surface area (Å²) >= 11 is 0. The second-order valence-corrected chi connectivity index (χ2v) is 11.2. The number of allylic oxidation sites excluding steroid dienone is 11. The monoisotopic (exact) mass is 597 g/mol. The van der Waals surface area contributed by atoms with Crippen LogP contribution in [0.3, 0.4) is 0 Å². The number of aliphatic imine (C=N–C) groups is 1. The maximum absolute atomic E-state index is 12.4. The van der Waals surface area contributed by atoms with Crippen molar-refractivity contribution < 1.29 is 4.79 Å². The maximum atomic E-state index is 12.4. The Kier molecular flexibility index (Phi) is 18.7. The summed E-state index contributed by atoms with van der Waals surface area (Å²) in [6, 6.07) is 8.17. The number of carbonyl (C=O) groups is 1. The molecule has 0 radical (unpaired) electrons. The van der Waals surface area contributed by atoms with E-state index in [9.17, 15) is 4.79 Å².